The van der Waals surface area contributed by atoms with E-state index in [1.54, 1.807) is 0 Å². The Bertz CT molecular complexity index is 934. The van der Waals surface area contributed by atoms with Gasteiger partial charge in [-0.3, -0.25) is 0 Å². The van der Waals surface area contributed by atoms with E-state index in [2.05, 4.69) is 85.8 Å². The molecule has 0 atom stereocenters. The van der Waals surface area contributed by atoms with Crippen molar-refractivity contribution in [1.29, 1.82) is 0 Å². The third-order valence-corrected chi connectivity index (χ3v) is 4.17. The van der Waals surface area contributed by atoms with Crippen LogP contribution in [-0.4, -0.2) is 0 Å². The first-order valence-corrected chi connectivity index (χ1v) is 7.30. The van der Waals surface area contributed by atoms with E-state index >= 15 is 0 Å². The van der Waals surface area contributed by atoms with Gasteiger partial charge < -0.3 is 0 Å². The van der Waals surface area contributed by atoms with E-state index in [-0.39, 0.29) is 0 Å². The van der Waals surface area contributed by atoms with Crippen LogP contribution in [0.5, 0.6) is 0 Å². The summed E-state index contributed by atoms with van der Waals surface area (Å²) in [4.78, 5) is 0. The van der Waals surface area contributed by atoms with E-state index in [1.807, 2.05) is 0 Å². The largest absolute Gasteiger partial charge is 0.0622 e. The number of hydrogen-bond donors (Lipinski definition) is 0. The predicted molar refractivity (Wildman–Crippen MR) is 91.6 cm³/mol. The third kappa shape index (κ3) is 2.00. The predicted octanol–water partition coefficient (Wildman–Crippen LogP) is 5.97. The van der Waals surface area contributed by atoms with Gasteiger partial charge in [-0.1, -0.05) is 72.8 Å². The maximum Gasteiger partial charge on any atom is -0.0102 e. The summed E-state index contributed by atoms with van der Waals surface area (Å²) in [6, 6.07) is 28.3. The monoisotopic (exact) mass is 268 g/mol. The molecule has 0 amide bonds. The summed E-state index contributed by atoms with van der Waals surface area (Å²) in [6.07, 6.45) is 0. The minimum Gasteiger partial charge on any atom is -0.0622 e. The quantitative estimate of drug-likeness (QED) is 0.373. The lowest BCUT2D eigenvalue weighted by Crippen LogP contribution is -1.84. The molecule has 0 nitrogen and oxygen atoms in total. The normalized spacial score (nSPS) is 11.1. The van der Waals surface area contributed by atoms with Gasteiger partial charge in [0.2, 0.25) is 0 Å². The van der Waals surface area contributed by atoms with Gasteiger partial charge in [-0.25, -0.2) is 0 Å². The van der Waals surface area contributed by atoms with Crippen molar-refractivity contribution in [3.63, 3.8) is 0 Å². The van der Waals surface area contributed by atoms with Gasteiger partial charge in [0, 0.05) is 0 Å². The molecule has 0 aliphatic heterocycles. The van der Waals surface area contributed by atoms with Crippen molar-refractivity contribution in [2.45, 2.75) is 6.92 Å². The molecule has 0 heterocycles. The first-order valence-electron chi connectivity index (χ1n) is 7.30. The molecule has 0 N–H and O–H groups in total. The van der Waals surface area contributed by atoms with Crippen molar-refractivity contribution in [1.82, 2.24) is 0 Å². The van der Waals surface area contributed by atoms with Crippen LogP contribution in [0.15, 0.2) is 78.9 Å². The van der Waals surface area contributed by atoms with Gasteiger partial charge in [0.25, 0.3) is 0 Å². The number of aryl methyl sites for hydroxylation is 1. The second kappa shape index (κ2) is 4.75. The van der Waals surface area contributed by atoms with Crippen LogP contribution in [0, 0.1) is 6.92 Å². The fourth-order valence-corrected chi connectivity index (χ4v) is 3.09. The Kier molecular flexibility index (Phi) is 2.75. The van der Waals surface area contributed by atoms with Gasteiger partial charge in [0.15, 0.2) is 0 Å². The summed E-state index contributed by atoms with van der Waals surface area (Å²) in [6.45, 7) is 2.20. The standard InChI is InChI=1S/C21H16/c1-15-13-18-9-5-6-10-19(18)20-12-11-17(14-21(15)20)16-7-3-2-4-8-16/h2-14H,1H3. The molecular formula is C21H16. The molecule has 0 aliphatic carbocycles. The highest BCUT2D eigenvalue weighted by molar-refractivity contribution is 6.09. The molecule has 0 fully saturated rings. The molecule has 0 heteroatoms. The average Bonchev–Trinajstić information content (AvgIpc) is 2.55. The fraction of sp³-hybridized carbons (Fsp3) is 0.0476. The summed E-state index contributed by atoms with van der Waals surface area (Å²) in [5, 5.41) is 5.33. The van der Waals surface area contributed by atoms with Gasteiger partial charge in [0.1, 0.15) is 0 Å². The molecule has 0 saturated heterocycles. The topological polar surface area (TPSA) is 0 Å². The molecule has 4 aromatic carbocycles. The summed E-state index contributed by atoms with van der Waals surface area (Å²) >= 11 is 0. The molecule has 4 rings (SSSR count). The molecular weight excluding hydrogens is 252 g/mol. The van der Waals surface area contributed by atoms with E-state index in [1.165, 1.54) is 38.2 Å². The van der Waals surface area contributed by atoms with Crippen LogP contribution >= 0.6 is 0 Å². The second-order valence-corrected chi connectivity index (χ2v) is 5.54. The van der Waals surface area contributed by atoms with Gasteiger partial charge in [-0.2, -0.15) is 0 Å². The Hall–Kier alpha value is -2.60. The smallest absolute Gasteiger partial charge is 0.0102 e. The number of benzene rings is 4. The zero-order chi connectivity index (χ0) is 14.2. The Morgan fingerprint density at radius 2 is 1.29 bits per heavy atom. The van der Waals surface area contributed by atoms with E-state index in [4.69, 9.17) is 0 Å². The Balaban J connectivity index is 2.05. The van der Waals surface area contributed by atoms with Crippen LogP contribution < -0.4 is 0 Å². The molecule has 0 radical (unpaired) electrons. The van der Waals surface area contributed by atoms with Gasteiger partial charge in [-0.15, -0.1) is 0 Å². The molecule has 21 heavy (non-hydrogen) atoms. The minimum absolute atomic E-state index is 1.27. The maximum absolute atomic E-state index is 2.31. The van der Waals surface area contributed by atoms with E-state index in [0.29, 0.717) is 0 Å². The summed E-state index contributed by atoms with van der Waals surface area (Å²) < 4.78 is 0. The SMILES string of the molecule is Cc1cc2ccccc2c2ccc(-c3ccccc3)cc12. The van der Waals surface area contributed by atoms with Crippen LogP contribution in [-0.2, 0) is 0 Å². The van der Waals surface area contributed by atoms with E-state index in [0.717, 1.165) is 0 Å². The lowest BCUT2D eigenvalue weighted by atomic mass is 9.94. The maximum atomic E-state index is 2.31. The van der Waals surface area contributed by atoms with Crippen LogP contribution in [0.1, 0.15) is 5.56 Å². The Labute approximate surface area is 124 Å². The zero-order valence-electron chi connectivity index (χ0n) is 12.0. The van der Waals surface area contributed by atoms with Gasteiger partial charge in [0.05, 0.1) is 0 Å². The van der Waals surface area contributed by atoms with E-state index in [9.17, 15) is 0 Å². The Morgan fingerprint density at radius 3 is 2.14 bits per heavy atom. The van der Waals surface area contributed by atoms with E-state index < -0.39 is 0 Å². The van der Waals surface area contributed by atoms with Gasteiger partial charge in [-0.05, 0) is 51.2 Å². The average molecular weight is 268 g/mol. The molecule has 0 unspecified atom stereocenters. The minimum atomic E-state index is 1.27. The summed E-state index contributed by atoms with van der Waals surface area (Å²) in [5.41, 5.74) is 3.88. The van der Waals surface area contributed by atoms with Crippen molar-refractivity contribution in [3.05, 3.63) is 84.4 Å². The molecule has 0 bridgehead atoms. The number of rotatable bonds is 1. The summed E-state index contributed by atoms with van der Waals surface area (Å²) in [7, 11) is 0. The highest BCUT2D eigenvalue weighted by atomic mass is 14.1. The molecule has 0 saturated carbocycles. The van der Waals surface area contributed by atoms with Crippen molar-refractivity contribution in [2.75, 3.05) is 0 Å². The van der Waals surface area contributed by atoms with Crippen LogP contribution in [0.2, 0.25) is 0 Å². The molecule has 0 spiro atoms. The third-order valence-electron chi connectivity index (χ3n) is 4.17. The first kappa shape index (κ1) is 12.2. The molecule has 100 valence electrons. The highest BCUT2D eigenvalue weighted by Crippen LogP contribution is 2.31. The second-order valence-electron chi connectivity index (χ2n) is 5.54. The van der Waals surface area contributed by atoms with Crippen molar-refractivity contribution in [3.8, 4) is 11.1 Å². The van der Waals surface area contributed by atoms with Gasteiger partial charge >= 0.3 is 0 Å². The number of hydrogen-bond acceptors (Lipinski definition) is 0. The van der Waals surface area contributed by atoms with Crippen molar-refractivity contribution in [2.24, 2.45) is 0 Å². The van der Waals surface area contributed by atoms with Crippen LogP contribution in [0.25, 0.3) is 32.7 Å². The lowest BCUT2D eigenvalue weighted by Gasteiger charge is -2.10. The van der Waals surface area contributed by atoms with Crippen molar-refractivity contribution < 1.29 is 0 Å². The zero-order valence-corrected chi connectivity index (χ0v) is 12.0. The lowest BCUT2D eigenvalue weighted by molar-refractivity contribution is 1.55. The van der Waals surface area contributed by atoms with Crippen molar-refractivity contribution >= 4 is 21.5 Å². The molecule has 4 aromatic rings. The molecule has 0 aliphatic rings. The molecule has 0 aromatic heterocycles. The Morgan fingerprint density at radius 1 is 0.524 bits per heavy atom. The highest BCUT2D eigenvalue weighted by Gasteiger charge is 2.05. The summed E-state index contributed by atoms with van der Waals surface area (Å²) in [5.74, 6) is 0. The van der Waals surface area contributed by atoms with Crippen LogP contribution in [0.3, 0.4) is 0 Å². The first-order chi connectivity index (χ1) is 10.3. The fourth-order valence-electron chi connectivity index (χ4n) is 3.09. The number of fused-ring (bicyclic) bond motifs is 3. The van der Waals surface area contributed by atoms with Crippen LogP contribution in [0.4, 0.5) is 0 Å².